The molecule has 0 saturated carbocycles. The molecule has 0 fully saturated rings. The lowest BCUT2D eigenvalue weighted by molar-refractivity contribution is -0.141. The Morgan fingerprint density at radius 3 is 2.35 bits per heavy atom. The molecule has 6 heteroatoms. The van der Waals surface area contributed by atoms with Gasteiger partial charge in [0.25, 0.3) is 0 Å². The maximum Gasteiger partial charge on any atom is 0.434 e. The smallest absolute Gasteiger partial charge is 0.434 e. The predicted octanol–water partition coefficient (Wildman–Crippen LogP) is 5.11. The zero-order valence-electron chi connectivity index (χ0n) is 10.5. The third-order valence-corrected chi connectivity index (χ3v) is 3.05. The summed E-state index contributed by atoms with van der Waals surface area (Å²) in [5.74, 6) is 0.349. The highest BCUT2D eigenvalue weighted by Gasteiger charge is 2.36. The second-order valence-electron chi connectivity index (χ2n) is 4.07. The molecule has 0 atom stereocenters. The summed E-state index contributed by atoms with van der Waals surface area (Å²) in [7, 11) is 0. The number of hydrogen-bond donors (Lipinski definition) is 0. The summed E-state index contributed by atoms with van der Waals surface area (Å²) < 4.78 is 43.4. The molecule has 20 heavy (non-hydrogen) atoms. The van der Waals surface area contributed by atoms with E-state index in [1.165, 1.54) is 6.07 Å². The van der Waals surface area contributed by atoms with Gasteiger partial charge in [0.1, 0.15) is 16.5 Å². The van der Waals surface area contributed by atoms with Gasteiger partial charge in [-0.3, -0.25) is 4.98 Å². The van der Waals surface area contributed by atoms with Crippen molar-refractivity contribution in [2.45, 2.75) is 19.5 Å². The molecule has 2 rings (SSSR count). The van der Waals surface area contributed by atoms with Gasteiger partial charge in [0.05, 0.1) is 0 Å². The molecule has 0 aliphatic heterocycles. The average Bonchev–Trinajstić information content (AvgIpc) is 2.40. The van der Waals surface area contributed by atoms with Crippen LogP contribution in [0, 0.1) is 0 Å². The number of nitrogens with zero attached hydrogens (tertiary/aromatic N) is 1. The molecule has 0 bridgehead atoms. The van der Waals surface area contributed by atoms with Crippen LogP contribution in [0.25, 0.3) is 0 Å². The quantitative estimate of drug-likeness (QED) is 0.786. The van der Waals surface area contributed by atoms with Crippen LogP contribution in [0.2, 0.25) is 5.02 Å². The average molecular weight is 302 g/mol. The molecule has 1 heterocycles. The summed E-state index contributed by atoms with van der Waals surface area (Å²) in [6.07, 6.45) is -2.72. The van der Waals surface area contributed by atoms with Crippen molar-refractivity contribution < 1.29 is 17.9 Å². The number of rotatable bonds is 3. The fourth-order valence-corrected chi connectivity index (χ4v) is 1.88. The Labute approximate surface area is 119 Å². The monoisotopic (exact) mass is 301 g/mol. The number of aromatic nitrogens is 1. The second-order valence-corrected chi connectivity index (χ2v) is 4.45. The number of aryl methyl sites for hydroxylation is 1. The first-order valence-electron chi connectivity index (χ1n) is 5.90. The second kappa shape index (κ2) is 5.71. The highest BCUT2D eigenvalue weighted by Crippen LogP contribution is 2.39. The van der Waals surface area contributed by atoms with Gasteiger partial charge in [0.15, 0.2) is 5.69 Å². The highest BCUT2D eigenvalue weighted by molar-refractivity contribution is 6.32. The lowest BCUT2D eigenvalue weighted by Gasteiger charge is -2.12. The molecule has 0 aliphatic carbocycles. The van der Waals surface area contributed by atoms with E-state index in [4.69, 9.17) is 16.3 Å². The Balaban J connectivity index is 2.29. The van der Waals surface area contributed by atoms with Gasteiger partial charge in [0.2, 0.25) is 0 Å². The molecule has 106 valence electrons. The van der Waals surface area contributed by atoms with Gasteiger partial charge >= 0.3 is 6.18 Å². The standard InChI is InChI=1S/C14H11ClF3NO/c1-2-9-3-5-10(6-4-9)20-11-7-8-19-13(12(11)15)14(16,17)18/h3-8H,2H2,1H3. The largest absolute Gasteiger partial charge is 0.456 e. The Morgan fingerprint density at radius 1 is 1.15 bits per heavy atom. The van der Waals surface area contributed by atoms with Gasteiger partial charge in [0, 0.05) is 12.3 Å². The van der Waals surface area contributed by atoms with Crippen LogP contribution in [0.1, 0.15) is 18.2 Å². The van der Waals surface area contributed by atoms with Crippen molar-refractivity contribution in [3.8, 4) is 11.5 Å². The van der Waals surface area contributed by atoms with Crippen LogP contribution in [0.5, 0.6) is 11.5 Å². The van der Waals surface area contributed by atoms with Gasteiger partial charge in [-0.1, -0.05) is 30.7 Å². The van der Waals surface area contributed by atoms with Gasteiger partial charge in [-0.15, -0.1) is 0 Å². The lowest BCUT2D eigenvalue weighted by Crippen LogP contribution is -2.09. The predicted molar refractivity (Wildman–Crippen MR) is 70.1 cm³/mol. The van der Waals surface area contributed by atoms with E-state index in [0.29, 0.717) is 5.75 Å². The maximum absolute atomic E-state index is 12.7. The molecule has 1 aromatic heterocycles. The Morgan fingerprint density at radius 2 is 1.80 bits per heavy atom. The minimum Gasteiger partial charge on any atom is -0.456 e. The van der Waals surface area contributed by atoms with E-state index < -0.39 is 16.9 Å². The third kappa shape index (κ3) is 3.22. The molecule has 2 nitrogen and oxygen atoms in total. The van der Waals surface area contributed by atoms with Gasteiger partial charge < -0.3 is 4.74 Å². The van der Waals surface area contributed by atoms with Crippen LogP contribution >= 0.6 is 11.6 Å². The van der Waals surface area contributed by atoms with Crippen LogP contribution < -0.4 is 4.74 Å². The van der Waals surface area contributed by atoms with E-state index in [-0.39, 0.29) is 5.75 Å². The number of halogens is 4. The molecule has 0 amide bonds. The first-order valence-corrected chi connectivity index (χ1v) is 6.28. The molecule has 0 spiro atoms. The van der Waals surface area contributed by atoms with Gasteiger partial charge in [-0.05, 0) is 24.1 Å². The Bertz CT molecular complexity index is 596. The summed E-state index contributed by atoms with van der Waals surface area (Å²) in [5.41, 5.74) is -0.0454. The zero-order valence-corrected chi connectivity index (χ0v) is 11.3. The zero-order chi connectivity index (χ0) is 14.8. The van der Waals surface area contributed by atoms with E-state index >= 15 is 0 Å². The molecule has 0 unspecified atom stereocenters. The summed E-state index contributed by atoms with van der Waals surface area (Å²) in [4.78, 5) is 3.24. The van der Waals surface area contributed by atoms with E-state index in [0.717, 1.165) is 18.2 Å². The van der Waals surface area contributed by atoms with E-state index in [1.54, 1.807) is 12.1 Å². The fraction of sp³-hybridized carbons (Fsp3) is 0.214. The van der Waals surface area contributed by atoms with Crippen molar-refractivity contribution in [2.24, 2.45) is 0 Å². The van der Waals surface area contributed by atoms with Gasteiger partial charge in [-0.25, -0.2) is 0 Å². The minimum atomic E-state index is -4.61. The van der Waals surface area contributed by atoms with Crippen molar-refractivity contribution in [3.05, 3.63) is 52.8 Å². The van der Waals surface area contributed by atoms with Crippen LogP contribution in [0.3, 0.4) is 0 Å². The highest BCUT2D eigenvalue weighted by atomic mass is 35.5. The maximum atomic E-state index is 12.7. The minimum absolute atomic E-state index is 0.0711. The fourth-order valence-electron chi connectivity index (χ4n) is 1.62. The van der Waals surface area contributed by atoms with Crippen molar-refractivity contribution in [3.63, 3.8) is 0 Å². The van der Waals surface area contributed by atoms with Crippen LogP contribution in [0.15, 0.2) is 36.5 Å². The number of hydrogen-bond acceptors (Lipinski definition) is 2. The van der Waals surface area contributed by atoms with Crippen LogP contribution in [-0.4, -0.2) is 4.98 Å². The molecular formula is C14H11ClF3NO. The van der Waals surface area contributed by atoms with Crippen molar-refractivity contribution >= 4 is 11.6 Å². The topological polar surface area (TPSA) is 22.1 Å². The van der Waals surface area contributed by atoms with Crippen molar-refractivity contribution in [1.29, 1.82) is 0 Å². The molecule has 1 aromatic carbocycles. The summed E-state index contributed by atoms with van der Waals surface area (Å²) >= 11 is 5.69. The number of pyridine rings is 1. The van der Waals surface area contributed by atoms with Crippen LogP contribution in [-0.2, 0) is 12.6 Å². The van der Waals surface area contributed by atoms with Crippen molar-refractivity contribution in [2.75, 3.05) is 0 Å². The van der Waals surface area contributed by atoms with Crippen molar-refractivity contribution in [1.82, 2.24) is 4.98 Å². The van der Waals surface area contributed by atoms with Gasteiger partial charge in [-0.2, -0.15) is 13.2 Å². The third-order valence-electron chi connectivity index (χ3n) is 2.68. The number of benzene rings is 1. The molecular weight excluding hydrogens is 291 g/mol. The molecule has 0 radical (unpaired) electrons. The molecule has 0 N–H and O–H groups in total. The summed E-state index contributed by atoms with van der Waals surface area (Å²) in [6, 6.07) is 8.35. The summed E-state index contributed by atoms with van der Waals surface area (Å²) in [6.45, 7) is 2.01. The van der Waals surface area contributed by atoms with E-state index in [1.807, 2.05) is 19.1 Å². The Hall–Kier alpha value is -1.75. The number of ether oxygens (including phenoxy) is 1. The molecule has 0 saturated heterocycles. The van der Waals surface area contributed by atoms with Crippen LogP contribution in [0.4, 0.5) is 13.2 Å². The lowest BCUT2D eigenvalue weighted by atomic mass is 10.2. The van der Waals surface area contributed by atoms with E-state index in [2.05, 4.69) is 4.98 Å². The van der Waals surface area contributed by atoms with E-state index in [9.17, 15) is 13.2 Å². The molecule has 0 aliphatic rings. The molecule has 2 aromatic rings. The number of alkyl halides is 3. The normalized spacial score (nSPS) is 11.4. The SMILES string of the molecule is CCc1ccc(Oc2ccnc(C(F)(F)F)c2Cl)cc1. The first kappa shape index (κ1) is 14.7. The summed E-state index contributed by atoms with van der Waals surface area (Å²) in [5, 5.41) is -0.542. The first-order chi connectivity index (χ1) is 9.41. The Kier molecular flexibility index (Phi) is 4.18.